The normalized spacial score (nSPS) is 14.7. The Morgan fingerprint density at radius 2 is 1.12 bits per heavy atom. The number of nitrogens with zero attached hydrogens (tertiary/aromatic N) is 2. The zero-order valence-corrected chi connectivity index (χ0v) is 44.2. The highest BCUT2D eigenvalue weighted by Gasteiger charge is 2.46. The first kappa shape index (κ1) is 45.4. The van der Waals surface area contributed by atoms with Gasteiger partial charge >= 0.3 is 0 Å². The maximum atomic E-state index is 6.78. The zero-order chi connectivity index (χ0) is 51.3. The molecule has 1 aromatic heterocycles. The number of furan rings is 1. The van der Waals surface area contributed by atoms with Crippen molar-refractivity contribution in [3.8, 4) is 56.2 Å². The number of hydrogen-bond donors (Lipinski definition) is 0. The average Bonchev–Trinajstić information content (AvgIpc) is 4.13. The SMILES string of the molecule is Cc1cc2c3c(c1)N(c1ccc(C(C)(C)C)cc1-c1ccccc1)c1cc4c(cc1B3c1cc(C(C)(C)C)ccc1N2c1cc(-c2ccc3c(c2)C(C)(C)c2ccccc2-3)cc(-c2cc3ccccc3o2)c1)OCO4. The summed E-state index contributed by atoms with van der Waals surface area (Å²) in [5, 5.41) is 1.08. The van der Waals surface area contributed by atoms with Gasteiger partial charge in [-0.15, -0.1) is 0 Å². The summed E-state index contributed by atoms with van der Waals surface area (Å²) < 4.78 is 19.3. The largest absolute Gasteiger partial charge is 0.456 e. The smallest absolute Gasteiger partial charge is 0.252 e. The van der Waals surface area contributed by atoms with Crippen molar-refractivity contribution in [2.75, 3.05) is 16.6 Å². The molecule has 6 heteroatoms. The molecule has 0 atom stereocenters. The molecule has 0 spiro atoms. The highest BCUT2D eigenvalue weighted by Crippen LogP contribution is 2.53. The van der Waals surface area contributed by atoms with Crippen LogP contribution in [0.3, 0.4) is 0 Å². The molecule has 10 aromatic rings. The molecule has 0 fully saturated rings. The third-order valence-corrected chi connectivity index (χ3v) is 16.6. The van der Waals surface area contributed by atoms with Crippen LogP contribution >= 0.6 is 0 Å². The lowest BCUT2D eigenvalue weighted by atomic mass is 9.33. The Labute approximate surface area is 441 Å². The standard InChI is InChI=1S/C69H59BN2O3/c1-41-29-60-66-61(30-41)72(57-27-24-47(67(2,3)4)36-52(57)42-17-11-10-12-18-42)59-39-65-64(73-40-74-65)38-56(59)70(66)55-37-48(68(5,6)7)25-28-58(55)71(60)49-32-45(31-46(33-49)63-35-44-19-13-16-22-62(44)75-63)43-23-26-51-50-20-14-15-21-53(50)69(8,9)54(51)34-43/h10-39H,40H2,1-9H3. The van der Waals surface area contributed by atoms with Crippen LogP contribution < -0.4 is 35.7 Å². The molecular weight excluding hydrogens is 916 g/mol. The van der Waals surface area contributed by atoms with Gasteiger partial charge in [0.2, 0.25) is 6.79 Å². The maximum Gasteiger partial charge on any atom is 0.252 e. The number of benzene rings is 9. The van der Waals surface area contributed by atoms with Gasteiger partial charge in [-0.05, 0) is 163 Å². The third-order valence-electron chi connectivity index (χ3n) is 16.6. The summed E-state index contributed by atoms with van der Waals surface area (Å²) in [5.41, 5.74) is 25.6. The van der Waals surface area contributed by atoms with Gasteiger partial charge in [0.1, 0.15) is 11.3 Å². The van der Waals surface area contributed by atoms with Crippen molar-refractivity contribution in [2.24, 2.45) is 0 Å². The third kappa shape index (κ3) is 7.05. The molecule has 14 rings (SSSR count). The number of ether oxygens (including phenoxy) is 2. The quantitative estimate of drug-likeness (QED) is 0.161. The Balaban J connectivity index is 1.06. The van der Waals surface area contributed by atoms with Crippen LogP contribution in [0, 0.1) is 6.92 Å². The monoisotopic (exact) mass is 974 g/mol. The highest BCUT2D eigenvalue weighted by molar-refractivity contribution is 7.00. The summed E-state index contributed by atoms with van der Waals surface area (Å²) >= 11 is 0. The molecule has 0 bridgehead atoms. The van der Waals surface area contributed by atoms with E-state index in [1.165, 1.54) is 66.5 Å². The number of fused-ring (bicyclic) bond motifs is 9. The molecule has 0 N–H and O–H groups in total. The number of para-hydroxylation sites is 1. The summed E-state index contributed by atoms with van der Waals surface area (Å²) in [5.74, 6) is 2.37. The maximum absolute atomic E-state index is 6.78. The summed E-state index contributed by atoms with van der Waals surface area (Å²) in [4.78, 5) is 5.07. The van der Waals surface area contributed by atoms with Crippen molar-refractivity contribution in [1.29, 1.82) is 0 Å². The summed E-state index contributed by atoms with van der Waals surface area (Å²) in [7, 11) is 0. The van der Waals surface area contributed by atoms with Crippen LogP contribution in [0.15, 0.2) is 186 Å². The van der Waals surface area contributed by atoms with Crippen molar-refractivity contribution < 1.29 is 13.9 Å². The Morgan fingerprint density at radius 1 is 0.467 bits per heavy atom. The molecule has 75 heavy (non-hydrogen) atoms. The first-order chi connectivity index (χ1) is 36.1. The zero-order valence-electron chi connectivity index (χ0n) is 44.2. The van der Waals surface area contributed by atoms with Gasteiger partial charge in [-0.3, -0.25) is 0 Å². The van der Waals surface area contributed by atoms with Crippen LogP contribution in [-0.4, -0.2) is 13.5 Å². The lowest BCUT2D eigenvalue weighted by Crippen LogP contribution is -2.61. The molecule has 4 aliphatic rings. The molecule has 0 saturated heterocycles. The second-order valence-corrected chi connectivity index (χ2v) is 23.8. The van der Waals surface area contributed by atoms with E-state index in [4.69, 9.17) is 13.9 Å². The highest BCUT2D eigenvalue weighted by atomic mass is 16.7. The topological polar surface area (TPSA) is 38.1 Å². The van der Waals surface area contributed by atoms with Crippen LogP contribution in [0.25, 0.3) is 55.7 Å². The van der Waals surface area contributed by atoms with E-state index in [2.05, 4.69) is 248 Å². The first-order valence-corrected chi connectivity index (χ1v) is 26.5. The van der Waals surface area contributed by atoms with Gasteiger partial charge in [0, 0.05) is 56.4 Å². The number of rotatable bonds is 5. The van der Waals surface area contributed by atoms with E-state index in [9.17, 15) is 0 Å². The second kappa shape index (κ2) is 16.1. The molecule has 0 amide bonds. The van der Waals surface area contributed by atoms with Gasteiger partial charge in [-0.1, -0.05) is 159 Å². The predicted molar refractivity (Wildman–Crippen MR) is 312 cm³/mol. The van der Waals surface area contributed by atoms with Gasteiger partial charge in [-0.25, -0.2) is 0 Å². The predicted octanol–water partition coefficient (Wildman–Crippen LogP) is 16.5. The number of anilines is 6. The summed E-state index contributed by atoms with van der Waals surface area (Å²) in [6, 6.07) is 68.1. The molecule has 0 saturated carbocycles. The molecule has 5 nitrogen and oxygen atoms in total. The van der Waals surface area contributed by atoms with Crippen molar-refractivity contribution >= 4 is 68.2 Å². The fourth-order valence-corrected chi connectivity index (χ4v) is 12.6. The van der Waals surface area contributed by atoms with Crippen LogP contribution in [0.2, 0.25) is 0 Å². The number of hydrogen-bond acceptors (Lipinski definition) is 5. The summed E-state index contributed by atoms with van der Waals surface area (Å²) in [6.07, 6.45) is 0. The number of aryl methyl sites for hydroxylation is 1. The minimum Gasteiger partial charge on any atom is -0.456 e. The van der Waals surface area contributed by atoms with Crippen LogP contribution in [0.5, 0.6) is 11.5 Å². The van der Waals surface area contributed by atoms with Crippen LogP contribution in [-0.2, 0) is 16.2 Å². The van der Waals surface area contributed by atoms with E-state index in [1.807, 2.05) is 6.07 Å². The molecule has 366 valence electrons. The minimum absolute atomic E-state index is 0.0623. The van der Waals surface area contributed by atoms with Gasteiger partial charge < -0.3 is 23.7 Å². The molecule has 9 aromatic carbocycles. The van der Waals surface area contributed by atoms with E-state index in [0.717, 1.165) is 79.0 Å². The van der Waals surface area contributed by atoms with E-state index in [1.54, 1.807) is 0 Å². The van der Waals surface area contributed by atoms with Crippen molar-refractivity contribution in [1.82, 2.24) is 0 Å². The molecule has 1 aliphatic carbocycles. The van der Waals surface area contributed by atoms with Crippen molar-refractivity contribution in [2.45, 2.75) is 78.6 Å². The van der Waals surface area contributed by atoms with Crippen LogP contribution in [0.1, 0.15) is 83.2 Å². The molecule has 4 heterocycles. The molecule has 3 aliphatic heterocycles. The van der Waals surface area contributed by atoms with Crippen molar-refractivity contribution in [3.05, 3.63) is 210 Å². The molecule has 0 radical (unpaired) electrons. The lowest BCUT2D eigenvalue weighted by Gasteiger charge is -2.45. The van der Waals surface area contributed by atoms with Gasteiger partial charge in [0.15, 0.2) is 11.5 Å². The summed E-state index contributed by atoms with van der Waals surface area (Å²) in [6.45, 7) is 20.9. The van der Waals surface area contributed by atoms with E-state index in [-0.39, 0.29) is 29.8 Å². The Hall–Kier alpha value is -8.22. The van der Waals surface area contributed by atoms with E-state index >= 15 is 0 Å². The lowest BCUT2D eigenvalue weighted by molar-refractivity contribution is 0.174. The van der Waals surface area contributed by atoms with E-state index < -0.39 is 0 Å². The average molecular weight is 975 g/mol. The second-order valence-electron chi connectivity index (χ2n) is 23.8. The minimum atomic E-state index is -0.153. The Kier molecular flexibility index (Phi) is 9.77. The van der Waals surface area contributed by atoms with Gasteiger partial charge in [-0.2, -0.15) is 0 Å². The Bertz CT molecular complexity index is 3990. The van der Waals surface area contributed by atoms with Crippen molar-refractivity contribution in [3.63, 3.8) is 0 Å². The van der Waals surface area contributed by atoms with Gasteiger partial charge in [0.05, 0.1) is 5.69 Å². The van der Waals surface area contributed by atoms with Gasteiger partial charge in [0.25, 0.3) is 6.71 Å². The fraction of sp³-hybridized carbons (Fsp3) is 0.188. The van der Waals surface area contributed by atoms with E-state index in [0.29, 0.717) is 0 Å². The fourth-order valence-electron chi connectivity index (χ4n) is 12.6. The molecule has 0 unspecified atom stereocenters. The first-order valence-electron chi connectivity index (χ1n) is 26.5. The Morgan fingerprint density at radius 3 is 1.89 bits per heavy atom. The molecular formula is C69H59BN2O3. The van der Waals surface area contributed by atoms with Crippen LogP contribution in [0.4, 0.5) is 34.1 Å².